The molecule has 1 aromatic carbocycles. The summed E-state index contributed by atoms with van der Waals surface area (Å²) in [6.45, 7) is 5.26. The van der Waals surface area contributed by atoms with E-state index in [1.165, 1.54) is 12.1 Å². The summed E-state index contributed by atoms with van der Waals surface area (Å²) in [6, 6.07) is 10.2. The van der Waals surface area contributed by atoms with E-state index in [0.29, 0.717) is 26.1 Å². The fraction of sp³-hybridized carbons (Fsp3) is 0.579. The Morgan fingerprint density at radius 1 is 0.840 bits per heavy atom. The first-order chi connectivity index (χ1) is 12.2. The lowest BCUT2D eigenvalue weighted by Crippen LogP contribution is -2.52. The molecule has 0 radical (unpaired) electrons. The highest BCUT2D eigenvalue weighted by molar-refractivity contribution is 5.78. The molecule has 2 saturated heterocycles. The number of anilines is 1. The van der Waals surface area contributed by atoms with Gasteiger partial charge in [0.05, 0.1) is 0 Å². The summed E-state index contributed by atoms with van der Waals surface area (Å²) in [7, 11) is 0. The summed E-state index contributed by atoms with van der Waals surface area (Å²) < 4.78 is 0. The van der Waals surface area contributed by atoms with Crippen LogP contribution in [0.2, 0.25) is 0 Å². The van der Waals surface area contributed by atoms with Gasteiger partial charge in [-0.2, -0.15) is 0 Å². The number of piperazine rings is 1. The van der Waals surface area contributed by atoms with Crippen LogP contribution in [0, 0.1) is 0 Å². The van der Waals surface area contributed by atoms with Gasteiger partial charge in [0.1, 0.15) is 0 Å². The minimum Gasteiger partial charge on any atom is -0.368 e. The maximum Gasteiger partial charge on any atom is 0.317 e. The van der Waals surface area contributed by atoms with Crippen molar-refractivity contribution in [3.63, 3.8) is 0 Å². The number of amides is 3. The standard InChI is InChI=1S/C19H28N4O2/c24-18(22-11-5-2-6-12-22)9-10-20-19(25)23-15-13-21(14-16-23)17-7-3-1-4-8-17/h1,3-4,7-8H,2,5-6,9-16H2,(H,20,25). The second-order valence-electron chi connectivity index (χ2n) is 6.73. The topological polar surface area (TPSA) is 55.9 Å². The van der Waals surface area contributed by atoms with Crippen LogP contribution in [0.3, 0.4) is 0 Å². The molecule has 2 aliphatic rings. The SMILES string of the molecule is O=C(CCNC(=O)N1CCN(c2ccccc2)CC1)N1CCCCC1. The first-order valence-corrected chi connectivity index (χ1v) is 9.34. The molecule has 6 nitrogen and oxygen atoms in total. The van der Waals surface area contributed by atoms with Crippen LogP contribution in [0.1, 0.15) is 25.7 Å². The highest BCUT2D eigenvalue weighted by Gasteiger charge is 2.21. The van der Waals surface area contributed by atoms with Crippen LogP contribution in [-0.4, -0.2) is 67.6 Å². The number of hydrogen-bond acceptors (Lipinski definition) is 3. The van der Waals surface area contributed by atoms with Gasteiger partial charge in [0.25, 0.3) is 0 Å². The van der Waals surface area contributed by atoms with Crippen molar-refractivity contribution in [1.29, 1.82) is 0 Å². The Kier molecular flexibility index (Phi) is 6.14. The van der Waals surface area contributed by atoms with Crippen molar-refractivity contribution in [3.05, 3.63) is 30.3 Å². The Bertz CT molecular complexity index is 564. The first-order valence-electron chi connectivity index (χ1n) is 9.34. The number of nitrogens with one attached hydrogen (secondary N) is 1. The Morgan fingerprint density at radius 2 is 1.52 bits per heavy atom. The van der Waals surface area contributed by atoms with Gasteiger partial charge in [-0.25, -0.2) is 4.79 Å². The van der Waals surface area contributed by atoms with Gasteiger partial charge in [0.2, 0.25) is 5.91 Å². The Balaban J connectivity index is 1.36. The third-order valence-corrected chi connectivity index (χ3v) is 5.01. The van der Waals surface area contributed by atoms with Crippen molar-refractivity contribution < 1.29 is 9.59 Å². The predicted octanol–water partition coefficient (Wildman–Crippen LogP) is 1.92. The molecule has 0 unspecified atom stereocenters. The lowest BCUT2D eigenvalue weighted by molar-refractivity contribution is -0.131. The molecule has 25 heavy (non-hydrogen) atoms. The van der Waals surface area contributed by atoms with E-state index in [2.05, 4.69) is 22.3 Å². The van der Waals surface area contributed by atoms with Crippen LogP contribution in [-0.2, 0) is 4.79 Å². The van der Waals surface area contributed by atoms with Crippen molar-refractivity contribution in [2.45, 2.75) is 25.7 Å². The van der Waals surface area contributed by atoms with Crippen LogP contribution >= 0.6 is 0 Å². The van der Waals surface area contributed by atoms with Gasteiger partial charge in [-0.15, -0.1) is 0 Å². The molecule has 1 aromatic rings. The molecule has 0 aromatic heterocycles. The fourth-order valence-electron chi connectivity index (χ4n) is 3.50. The molecule has 6 heteroatoms. The summed E-state index contributed by atoms with van der Waals surface area (Å²) in [6.07, 6.45) is 3.82. The molecule has 0 spiro atoms. The molecule has 1 N–H and O–H groups in total. The molecular weight excluding hydrogens is 316 g/mol. The molecule has 3 rings (SSSR count). The number of nitrogens with zero attached hydrogens (tertiary/aromatic N) is 3. The number of rotatable bonds is 4. The van der Waals surface area contributed by atoms with Gasteiger partial charge in [-0.05, 0) is 31.4 Å². The Labute approximate surface area is 149 Å². The number of benzene rings is 1. The van der Waals surface area contributed by atoms with E-state index in [1.807, 2.05) is 28.0 Å². The average Bonchev–Trinajstić information content (AvgIpc) is 2.69. The number of hydrogen-bond donors (Lipinski definition) is 1. The monoisotopic (exact) mass is 344 g/mol. The van der Waals surface area contributed by atoms with Gasteiger partial charge in [-0.3, -0.25) is 4.79 Å². The third-order valence-electron chi connectivity index (χ3n) is 5.01. The minimum atomic E-state index is -0.0563. The molecule has 0 bridgehead atoms. The predicted molar refractivity (Wildman–Crippen MR) is 98.7 cm³/mol. The van der Waals surface area contributed by atoms with Crippen LogP contribution in [0.4, 0.5) is 10.5 Å². The van der Waals surface area contributed by atoms with Gasteiger partial charge < -0.3 is 20.0 Å². The Hall–Kier alpha value is -2.24. The average molecular weight is 344 g/mol. The van der Waals surface area contributed by atoms with E-state index in [0.717, 1.165) is 39.0 Å². The maximum absolute atomic E-state index is 12.3. The van der Waals surface area contributed by atoms with E-state index in [-0.39, 0.29) is 11.9 Å². The lowest BCUT2D eigenvalue weighted by atomic mass is 10.1. The number of carbonyl (C=O) groups is 2. The highest BCUT2D eigenvalue weighted by atomic mass is 16.2. The smallest absolute Gasteiger partial charge is 0.317 e. The number of urea groups is 1. The quantitative estimate of drug-likeness (QED) is 0.908. The second kappa shape index (κ2) is 8.74. The molecular formula is C19H28N4O2. The van der Waals surface area contributed by atoms with E-state index < -0.39 is 0 Å². The zero-order chi connectivity index (χ0) is 17.5. The normalized spacial score (nSPS) is 18.2. The van der Waals surface area contributed by atoms with Gasteiger partial charge in [0, 0.05) is 57.9 Å². The third kappa shape index (κ3) is 4.87. The van der Waals surface area contributed by atoms with E-state index in [4.69, 9.17) is 0 Å². The zero-order valence-corrected chi connectivity index (χ0v) is 14.8. The number of para-hydroxylation sites is 1. The Morgan fingerprint density at radius 3 is 2.20 bits per heavy atom. The lowest BCUT2D eigenvalue weighted by Gasteiger charge is -2.36. The van der Waals surface area contributed by atoms with Gasteiger partial charge >= 0.3 is 6.03 Å². The number of likely N-dealkylation sites (tertiary alicyclic amines) is 1. The summed E-state index contributed by atoms with van der Waals surface area (Å²) >= 11 is 0. The first kappa shape index (κ1) is 17.6. The van der Waals surface area contributed by atoms with Crippen molar-refractivity contribution >= 4 is 17.6 Å². The van der Waals surface area contributed by atoms with Crippen LogP contribution in [0.25, 0.3) is 0 Å². The summed E-state index contributed by atoms with van der Waals surface area (Å²) in [5, 5.41) is 2.90. The summed E-state index contributed by atoms with van der Waals surface area (Å²) in [5.74, 6) is 0.161. The molecule has 0 saturated carbocycles. The van der Waals surface area contributed by atoms with Crippen molar-refractivity contribution in [3.8, 4) is 0 Å². The van der Waals surface area contributed by atoms with Crippen molar-refractivity contribution in [2.75, 3.05) is 50.7 Å². The van der Waals surface area contributed by atoms with E-state index in [1.54, 1.807) is 0 Å². The van der Waals surface area contributed by atoms with Gasteiger partial charge in [0.15, 0.2) is 0 Å². The molecule has 2 fully saturated rings. The van der Waals surface area contributed by atoms with Gasteiger partial charge in [-0.1, -0.05) is 18.2 Å². The van der Waals surface area contributed by atoms with Crippen molar-refractivity contribution in [2.24, 2.45) is 0 Å². The summed E-state index contributed by atoms with van der Waals surface area (Å²) in [4.78, 5) is 30.4. The highest BCUT2D eigenvalue weighted by Crippen LogP contribution is 2.15. The maximum atomic E-state index is 12.3. The second-order valence-corrected chi connectivity index (χ2v) is 6.73. The molecule has 0 atom stereocenters. The number of carbonyl (C=O) groups excluding carboxylic acids is 2. The van der Waals surface area contributed by atoms with E-state index >= 15 is 0 Å². The fourth-order valence-corrected chi connectivity index (χ4v) is 3.50. The molecule has 0 aliphatic carbocycles. The minimum absolute atomic E-state index is 0.0563. The van der Waals surface area contributed by atoms with Crippen LogP contribution in [0.5, 0.6) is 0 Å². The number of piperidine rings is 1. The molecule has 136 valence electrons. The molecule has 3 amide bonds. The molecule has 2 heterocycles. The zero-order valence-electron chi connectivity index (χ0n) is 14.8. The molecule has 2 aliphatic heterocycles. The van der Waals surface area contributed by atoms with Crippen LogP contribution < -0.4 is 10.2 Å². The van der Waals surface area contributed by atoms with E-state index in [9.17, 15) is 9.59 Å². The largest absolute Gasteiger partial charge is 0.368 e. The van der Waals surface area contributed by atoms with Crippen LogP contribution in [0.15, 0.2) is 30.3 Å². The van der Waals surface area contributed by atoms with Crippen molar-refractivity contribution in [1.82, 2.24) is 15.1 Å². The summed E-state index contributed by atoms with van der Waals surface area (Å²) in [5.41, 5.74) is 1.20.